The summed E-state index contributed by atoms with van der Waals surface area (Å²) < 4.78 is 45.9. The summed E-state index contributed by atoms with van der Waals surface area (Å²) in [4.78, 5) is 12.0. The topological polar surface area (TPSA) is 75.7 Å². The average Bonchev–Trinajstić information content (AvgIpc) is 2.72. The summed E-state index contributed by atoms with van der Waals surface area (Å²) in [5, 5.41) is 3.43. The fourth-order valence-corrected chi connectivity index (χ4v) is 4.83. The van der Waals surface area contributed by atoms with E-state index in [4.69, 9.17) is 16.3 Å². The van der Waals surface area contributed by atoms with Crippen LogP contribution >= 0.6 is 11.6 Å². The molecule has 0 spiro atoms. The fraction of sp³-hybridized carbons (Fsp3) is 0.350. The number of carbonyl (C=O) groups excluding carboxylic acids is 1. The first-order chi connectivity index (χ1) is 13.9. The molecule has 1 saturated heterocycles. The van der Waals surface area contributed by atoms with Crippen LogP contribution in [0.25, 0.3) is 0 Å². The quantitative estimate of drug-likeness (QED) is 0.671. The number of benzene rings is 2. The highest BCUT2D eigenvalue weighted by atomic mass is 35.5. The monoisotopic (exact) mass is 440 g/mol. The van der Waals surface area contributed by atoms with Crippen LogP contribution in [0, 0.1) is 11.7 Å². The second kappa shape index (κ2) is 9.56. The fourth-order valence-electron chi connectivity index (χ4n) is 3.17. The van der Waals surface area contributed by atoms with E-state index in [1.165, 1.54) is 22.5 Å². The zero-order chi connectivity index (χ0) is 20.9. The maximum Gasteiger partial charge on any atom is 0.245 e. The first kappa shape index (κ1) is 21.5. The van der Waals surface area contributed by atoms with Crippen molar-refractivity contribution >= 4 is 27.5 Å². The Bertz CT molecular complexity index is 945. The molecule has 0 radical (unpaired) electrons. The van der Waals surface area contributed by atoms with Crippen LogP contribution in [-0.4, -0.2) is 44.9 Å². The van der Waals surface area contributed by atoms with Gasteiger partial charge in [-0.15, -0.1) is 0 Å². The second-order valence-corrected chi connectivity index (χ2v) is 9.04. The molecule has 0 aliphatic carbocycles. The minimum atomic E-state index is -3.90. The van der Waals surface area contributed by atoms with E-state index in [0.29, 0.717) is 36.8 Å². The Balaban J connectivity index is 1.44. The van der Waals surface area contributed by atoms with Crippen molar-refractivity contribution in [1.82, 2.24) is 9.62 Å². The summed E-state index contributed by atoms with van der Waals surface area (Å²) in [6, 6.07) is 12.2. The lowest BCUT2D eigenvalue weighted by atomic mass is 9.97. The number of sulfonamides is 1. The molecule has 0 aromatic heterocycles. The van der Waals surface area contributed by atoms with Gasteiger partial charge in [0, 0.05) is 24.0 Å². The Morgan fingerprint density at radius 3 is 2.45 bits per heavy atom. The van der Waals surface area contributed by atoms with Gasteiger partial charge in [-0.3, -0.25) is 4.79 Å². The predicted octanol–water partition coefficient (Wildman–Crippen LogP) is 3.08. The highest BCUT2D eigenvalue weighted by Gasteiger charge is 2.33. The van der Waals surface area contributed by atoms with Crippen molar-refractivity contribution in [2.45, 2.75) is 17.7 Å². The van der Waals surface area contributed by atoms with Crippen molar-refractivity contribution in [2.75, 3.05) is 26.2 Å². The third-order valence-electron chi connectivity index (χ3n) is 4.76. The first-order valence-electron chi connectivity index (χ1n) is 9.28. The summed E-state index contributed by atoms with van der Waals surface area (Å²) >= 11 is 5.81. The van der Waals surface area contributed by atoms with E-state index in [2.05, 4.69) is 5.32 Å². The lowest BCUT2D eigenvalue weighted by Crippen LogP contribution is -2.43. The van der Waals surface area contributed by atoms with Crippen LogP contribution in [0.4, 0.5) is 4.39 Å². The SMILES string of the molecule is O=C(NCCOc1ccc(Cl)cc1)C1CCN(S(=O)(=O)c2ccccc2F)CC1. The van der Waals surface area contributed by atoms with Gasteiger partial charge < -0.3 is 10.1 Å². The minimum absolute atomic E-state index is 0.132. The zero-order valence-electron chi connectivity index (χ0n) is 15.7. The van der Waals surface area contributed by atoms with E-state index in [-0.39, 0.29) is 29.8 Å². The summed E-state index contributed by atoms with van der Waals surface area (Å²) in [7, 11) is -3.90. The Morgan fingerprint density at radius 2 is 1.79 bits per heavy atom. The number of rotatable bonds is 7. The molecule has 29 heavy (non-hydrogen) atoms. The van der Waals surface area contributed by atoms with Crippen LogP contribution < -0.4 is 10.1 Å². The van der Waals surface area contributed by atoms with Gasteiger partial charge in [0.1, 0.15) is 23.1 Å². The number of amides is 1. The van der Waals surface area contributed by atoms with E-state index in [0.717, 1.165) is 6.07 Å². The molecule has 156 valence electrons. The number of nitrogens with zero attached hydrogens (tertiary/aromatic N) is 1. The van der Waals surface area contributed by atoms with E-state index in [1.54, 1.807) is 24.3 Å². The van der Waals surface area contributed by atoms with Crippen LogP contribution in [0.5, 0.6) is 5.75 Å². The minimum Gasteiger partial charge on any atom is -0.492 e. The van der Waals surface area contributed by atoms with Crippen molar-refractivity contribution in [3.8, 4) is 5.75 Å². The number of carbonyl (C=O) groups is 1. The van der Waals surface area contributed by atoms with Gasteiger partial charge in [0.25, 0.3) is 0 Å². The average molecular weight is 441 g/mol. The van der Waals surface area contributed by atoms with Gasteiger partial charge in [0.05, 0.1) is 6.54 Å². The van der Waals surface area contributed by atoms with Crippen molar-refractivity contribution in [1.29, 1.82) is 0 Å². The van der Waals surface area contributed by atoms with Crippen molar-refractivity contribution < 1.29 is 22.3 Å². The van der Waals surface area contributed by atoms with E-state index >= 15 is 0 Å². The molecule has 0 unspecified atom stereocenters. The molecule has 0 saturated carbocycles. The van der Waals surface area contributed by atoms with Crippen LogP contribution in [0.1, 0.15) is 12.8 Å². The van der Waals surface area contributed by atoms with Crippen molar-refractivity contribution in [2.24, 2.45) is 5.92 Å². The second-order valence-electron chi connectivity index (χ2n) is 6.70. The summed E-state index contributed by atoms with van der Waals surface area (Å²) in [5.41, 5.74) is 0. The Morgan fingerprint density at radius 1 is 1.14 bits per heavy atom. The Hall–Kier alpha value is -2.16. The van der Waals surface area contributed by atoms with E-state index < -0.39 is 15.8 Å². The van der Waals surface area contributed by atoms with Gasteiger partial charge >= 0.3 is 0 Å². The third-order valence-corrected chi connectivity index (χ3v) is 6.95. The lowest BCUT2D eigenvalue weighted by Gasteiger charge is -2.30. The summed E-state index contributed by atoms with van der Waals surface area (Å²) in [6.07, 6.45) is 0.773. The lowest BCUT2D eigenvalue weighted by molar-refractivity contribution is -0.126. The number of ether oxygens (including phenoxy) is 1. The number of piperidine rings is 1. The molecule has 1 amide bonds. The van der Waals surface area contributed by atoms with Crippen LogP contribution in [0.3, 0.4) is 0 Å². The van der Waals surface area contributed by atoms with Crippen molar-refractivity contribution in [3.05, 3.63) is 59.4 Å². The van der Waals surface area contributed by atoms with Gasteiger partial charge in [0.15, 0.2) is 0 Å². The van der Waals surface area contributed by atoms with Crippen LogP contribution in [0.15, 0.2) is 53.4 Å². The largest absolute Gasteiger partial charge is 0.492 e. The van der Waals surface area contributed by atoms with Crippen LogP contribution in [0.2, 0.25) is 5.02 Å². The number of hydrogen-bond donors (Lipinski definition) is 1. The molecule has 1 N–H and O–H groups in total. The molecule has 2 aromatic rings. The molecule has 2 aromatic carbocycles. The Labute approximate surface area is 174 Å². The molecular weight excluding hydrogens is 419 g/mol. The summed E-state index contributed by atoms with van der Waals surface area (Å²) in [5.74, 6) is -0.520. The third kappa shape index (κ3) is 5.46. The molecule has 9 heteroatoms. The number of halogens is 2. The van der Waals surface area contributed by atoms with Crippen LogP contribution in [-0.2, 0) is 14.8 Å². The molecule has 0 bridgehead atoms. The molecule has 3 rings (SSSR count). The highest BCUT2D eigenvalue weighted by molar-refractivity contribution is 7.89. The standard InChI is InChI=1S/C20H22ClFN2O4S/c21-16-5-7-17(8-6-16)28-14-11-23-20(25)15-9-12-24(13-10-15)29(26,27)19-4-2-1-3-18(19)22/h1-8,15H,9-14H2,(H,23,25). The van der Waals surface area contributed by atoms with Gasteiger partial charge in [0.2, 0.25) is 15.9 Å². The molecule has 1 heterocycles. The molecule has 1 fully saturated rings. The van der Waals surface area contributed by atoms with Crippen molar-refractivity contribution in [3.63, 3.8) is 0 Å². The first-order valence-corrected chi connectivity index (χ1v) is 11.1. The van der Waals surface area contributed by atoms with Gasteiger partial charge in [-0.05, 0) is 49.2 Å². The maximum absolute atomic E-state index is 13.9. The molecule has 0 atom stereocenters. The van der Waals surface area contributed by atoms with E-state index in [9.17, 15) is 17.6 Å². The Kier molecular flexibility index (Phi) is 7.10. The zero-order valence-corrected chi connectivity index (χ0v) is 17.3. The number of nitrogens with one attached hydrogen (secondary N) is 1. The smallest absolute Gasteiger partial charge is 0.245 e. The van der Waals surface area contributed by atoms with Gasteiger partial charge in [-0.2, -0.15) is 4.31 Å². The highest BCUT2D eigenvalue weighted by Crippen LogP contribution is 2.25. The number of hydrogen-bond acceptors (Lipinski definition) is 4. The molecule has 6 nitrogen and oxygen atoms in total. The van der Waals surface area contributed by atoms with Gasteiger partial charge in [-0.1, -0.05) is 23.7 Å². The van der Waals surface area contributed by atoms with E-state index in [1.807, 2.05) is 0 Å². The molecule has 1 aliphatic heterocycles. The van der Waals surface area contributed by atoms with Gasteiger partial charge in [-0.25, -0.2) is 12.8 Å². The maximum atomic E-state index is 13.9. The summed E-state index contributed by atoms with van der Waals surface area (Å²) in [6.45, 7) is 1.01. The molecular formula is C20H22ClFN2O4S. The molecule has 1 aliphatic rings. The predicted molar refractivity (Wildman–Crippen MR) is 108 cm³/mol. The normalized spacial score (nSPS) is 15.8.